The Kier molecular flexibility index (Phi) is 5.55. The van der Waals surface area contributed by atoms with Gasteiger partial charge in [-0.05, 0) is 51.8 Å². The van der Waals surface area contributed by atoms with Gasteiger partial charge >= 0.3 is 5.97 Å². The Morgan fingerprint density at radius 1 is 1.17 bits per heavy atom. The van der Waals surface area contributed by atoms with E-state index in [2.05, 4.69) is 10.0 Å². The number of hydrogen-bond donors (Lipinski definition) is 3. The molecule has 6 nitrogen and oxygen atoms in total. The van der Waals surface area contributed by atoms with Gasteiger partial charge in [-0.15, -0.1) is 0 Å². The Hall–Kier alpha value is -1.60. The van der Waals surface area contributed by atoms with Gasteiger partial charge in [0.15, 0.2) is 0 Å². The monoisotopic (exact) mass is 354 g/mol. The van der Waals surface area contributed by atoms with Gasteiger partial charge < -0.3 is 10.4 Å². The normalized spacial score (nSPS) is 16.8. The van der Waals surface area contributed by atoms with E-state index in [-0.39, 0.29) is 22.0 Å². The van der Waals surface area contributed by atoms with Crippen molar-refractivity contribution in [2.45, 2.75) is 69.4 Å². The minimum atomic E-state index is -3.79. The average Bonchev–Trinajstić information content (AvgIpc) is 2.46. The molecular weight excluding hydrogens is 328 g/mol. The zero-order valence-electron chi connectivity index (χ0n) is 14.4. The summed E-state index contributed by atoms with van der Waals surface area (Å²) >= 11 is 0. The summed E-state index contributed by atoms with van der Waals surface area (Å²) in [5, 5.41) is 12.3. The molecule has 134 valence electrons. The minimum Gasteiger partial charge on any atom is -0.478 e. The topological polar surface area (TPSA) is 95.5 Å². The molecule has 2 rings (SSSR count). The highest BCUT2D eigenvalue weighted by atomic mass is 32.2. The van der Waals surface area contributed by atoms with E-state index < -0.39 is 16.0 Å². The van der Waals surface area contributed by atoms with Gasteiger partial charge in [-0.25, -0.2) is 17.9 Å². The number of anilines is 1. The molecular formula is C17H26N2O4S. The molecule has 0 aliphatic heterocycles. The van der Waals surface area contributed by atoms with Crippen LogP contribution in [0.25, 0.3) is 0 Å². The standard InChI is InChI=1S/C17H26N2O4S/c1-17(2,3)18-14-10-9-12(16(20)21)11-15(14)24(22,23)19-13-7-5-4-6-8-13/h9-11,13,18-19H,4-8H2,1-3H3,(H,20,21). The van der Waals surface area contributed by atoms with Crippen molar-refractivity contribution in [3.63, 3.8) is 0 Å². The molecule has 1 aliphatic carbocycles. The highest BCUT2D eigenvalue weighted by Crippen LogP contribution is 2.27. The molecule has 1 fully saturated rings. The van der Waals surface area contributed by atoms with E-state index in [0.29, 0.717) is 5.69 Å². The highest BCUT2D eigenvalue weighted by molar-refractivity contribution is 7.89. The second-order valence-corrected chi connectivity index (χ2v) is 9.03. The SMILES string of the molecule is CC(C)(C)Nc1ccc(C(=O)O)cc1S(=O)(=O)NC1CCCCC1. The van der Waals surface area contributed by atoms with Gasteiger partial charge in [-0.1, -0.05) is 19.3 Å². The molecule has 1 saturated carbocycles. The van der Waals surface area contributed by atoms with Gasteiger partial charge in [0.1, 0.15) is 4.90 Å². The molecule has 3 N–H and O–H groups in total. The zero-order chi connectivity index (χ0) is 18.0. The van der Waals surface area contributed by atoms with Crippen molar-refractivity contribution in [2.24, 2.45) is 0 Å². The Morgan fingerprint density at radius 2 is 1.79 bits per heavy atom. The Bertz CT molecular complexity index is 702. The summed E-state index contributed by atoms with van der Waals surface area (Å²) in [6.07, 6.45) is 4.79. The van der Waals surface area contributed by atoms with Crippen LogP contribution in [-0.4, -0.2) is 31.1 Å². The summed E-state index contributed by atoms with van der Waals surface area (Å²) in [7, 11) is -3.79. The fourth-order valence-corrected chi connectivity index (χ4v) is 4.38. The lowest BCUT2D eigenvalue weighted by Crippen LogP contribution is -2.37. The van der Waals surface area contributed by atoms with Crippen molar-refractivity contribution in [1.29, 1.82) is 0 Å². The predicted molar refractivity (Wildman–Crippen MR) is 94.0 cm³/mol. The lowest BCUT2D eigenvalue weighted by molar-refractivity contribution is 0.0696. The molecule has 0 saturated heterocycles. The molecule has 0 amide bonds. The van der Waals surface area contributed by atoms with Gasteiger partial charge in [0, 0.05) is 11.6 Å². The van der Waals surface area contributed by atoms with Gasteiger partial charge in [0.2, 0.25) is 10.0 Å². The molecule has 0 heterocycles. The molecule has 7 heteroatoms. The zero-order valence-corrected chi connectivity index (χ0v) is 15.2. The number of nitrogens with one attached hydrogen (secondary N) is 2. The van der Waals surface area contributed by atoms with Crippen LogP contribution in [0, 0.1) is 0 Å². The molecule has 0 atom stereocenters. The van der Waals surface area contributed by atoms with Crippen LogP contribution in [0.4, 0.5) is 5.69 Å². The van der Waals surface area contributed by atoms with Crippen LogP contribution in [0.5, 0.6) is 0 Å². The maximum absolute atomic E-state index is 12.8. The van der Waals surface area contributed by atoms with E-state index in [1.165, 1.54) is 18.2 Å². The number of aromatic carboxylic acids is 1. The molecule has 0 unspecified atom stereocenters. The first-order valence-corrected chi connectivity index (χ1v) is 9.75. The second kappa shape index (κ2) is 7.11. The number of hydrogen-bond acceptors (Lipinski definition) is 4. The van der Waals surface area contributed by atoms with Crippen LogP contribution >= 0.6 is 0 Å². The fraction of sp³-hybridized carbons (Fsp3) is 0.588. The van der Waals surface area contributed by atoms with E-state index in [4.69, 9.17) is 0 Å². The predicted octanol–water partition coefficient (Wildman–Crippen LogP) is 3.21. The van der Waals surface area contributed by atoms with E-state index in [0.717, 1.165) is 32.1 Å². The molecule has 1 aliphatic rings. The molecule has 1 aromatic rings. The van der Waals surface area contributed by atoms with Crippen molar-refractivity contribution < 1.29 is 18.3 Å². The van der Waals surface area contributed by atoms with Gasteiger partial charge in [-0.2, -0.15) is 0 Å². The van der Waals surface area contributed by atoms with Crippen molar-refractivity contribution in [2.75, 3.05) is 5.32 Å². The van der Waals surface area contributed by atoms with Crippen LogP contribution in [0.1, 0.15) is 63.2 Å². The summed E-state index contributed by atoms with van der Waals surface area (Å²) in [5.41, 5.74) is 0.0223. The first-order valence-electron chi connectivity index (χ1n) is 8.26. The summed E-state index contributed by atoms with van der Waals surface area (Å²) in [4.78, 5) is 11.2. The number of rotatable bonds is 5. The lowest BCUT2D eigenvalue weighted by Gasteiger charge is -2.26. The minimum absolute atomic E-state index is 0.0112. The van der Waals surface area contributed by atoms with Crippen molar-refractivity contribution >= 4 is 21.7 Å². The Balaban J connectivity index is 2.39. The average molecular weight is 354 g/mol. The number of sulfonamides is 1. The van der Waals surface area contributed by atoms with E-state index in [9.17, 15) is 18.3 Å². The largest absolute Gasteiger partial charge is 0.478 e. The first kappa shape index (κ1) is 18.7. The summed E-state index contributed by atoms with van der Waals surface area (Å²) in [6.45, 7) is 5.76. The quantitative estimate of drug-likeness (QED) is 0.755. The second-order valence-electron chi connectivity index (χ2n) is 7.35. The van der Waals surface area contributed by atoms with E-state index in [1.807, 2.05) is 20.8 Å². The summed E-state index contributed by atoms with van der Waals surface area (Å²) < 4.78 is 28.4. The van der Waals surface area contributed by atoms with Crippen molar-refractivity contribution in [3.8, 4) is 0 Å². The summed E-state index contributed by atoms with van der Waals surface area (Å²) in [5.74, 6) is -1.15. The molecule has 1 aromatic carbocycles. The summed E-state index contributed by atoms with van der Waals surface area (Å²) in [6, 6.07) is 4.07. The van der Waals surface area contributed by atoms with Crippen molar-refractivity contribution in [3.05, 3.63) is 23.8 Å². The van der Waals surface area contributed by atoms with E-state index >= 15 is 0 Å². The van der Waals surface area contributed by atoms with Crippen LogP contribution in [0.3, 0.4) is 0 Å². The maximum atomic E-state index is 12.8. The third kappa shape index (κ3) is 4.95. The third-order valence-corrected chi connectivity index (χ3v) is 5.52. The number of carbonyl (C=O) groups is 1. The lowest BCUT2D eigenvalue weighted by atomic mass is 9.96. The third-order valence-electron chi connectivity index (χ3n) is 3.95. The highest BCUT2D eigenvalue weighted by Gasteiger charge is 2.26. The van der Waals surface area contributed by atoms with Gasteiger partial charge in [-0.3, -0.25) is 0 Å². The van der Waals surface area contributed by atoms with Crippen LogP contribution in [0.2, 0.25) is 0 Å². The van der Waals surface area contributed by atoms with Crippen molar-refractivity contribution in [1.82, 2.24) is 4.72 Å². The number of carboxylic acid groups (broad SMARTS) is 1. The molecule has 0 aromatic heterocycles. The number of carboxylic acids is 1. The molecule has 0 bridgehead atoms. The van der Waals surface area contributed by atoms with E-state index in [1.54, 1.807) is 0 Å². The molecule has 0 spiro atoms. The number of benzene rings is 1. The Morgan fingerprint density at radius 3 is 2.33 bits per heavy atom. The maximum Gasteiger partial charge on any atom is 0.335 e. The molecule has 24 heavy (non-hydrogen) atoms. The molecule has 0 radical (unpaired) electrons. The fourth-order valence-electron chi connectivity index (χ4n) is 2.89. The smallest absolute Gasteiger partial charge is 0.335 e. The first-order chi connectivity index (χ1) is 11.1. The Labute approximate surface area is 143 Å². The van der Waals surface area contributed by atoms with Crippen LogP contribution in [-0.2, 0) is 10.0 Å². The van der Waals surface area contributed by atoms with Gasteiger partial charge in [0.25, 0.3) is 0 Å². The van der Waals surface area contributed by atoms with Crippen LogP contribution < -0.4 is 10.0 Å². The van der Waals surface area contributed by atoms with Gasteiger partial charge in [0.05, 0.1) is 11.3 Å². The van der Waals surface area contributed by atoms with Crippen LogP contribution in [0.15, 0.2) is 23.1 Å².